The number of carbonyl (C=O) groups is 2. The second-order valence-electron chi connectivity index (χ2n) is 3.66. The van der Waals surface area contributed by atoms with Crippen LogP contribution >= 0.6 is 23.2 Å². The minimum absolute atomic E-state index is 0.340. The third-order valence-corrected chi connectivity index (χ3v) is 3.06. The summed E-state index contributed by atoms with van der Waals surface area (Å²) in [5.41, 5.74) is -0.624. The topological polar surface area (TPSA) is 58.2 Å². The van der Waals surface area contributed by atoms with E-state index in [4.69, 9.17) is 23.2 Å². The molecular formula is C10H8Cl2N2O2. The lowest BCUT2D eigenvalue weighted by Crippen LogP contribution is -2.40. The molecule has 1 aliphatic heterocycles. The van der Waals surface area contributed by atoms with Crippen molar-refractivity contribution in [1.82, 2.24) is 10.6 Å². The molecule has 0 unspecified atom stereocenters. The number of halogens is 2. The quantitative estimate of drug-likeness (QED) is 0.758. The van der Waals surface area contributed by atoms with Crippen molar-refractivity contribution < 1.29 is 9.59 Å². The molecule has 1 saturated heterocycles. The largest absolute Gasteiger partial charge is 0.322 e. The van der Waals surface area contributed by atoms with Gasteiger partial charge in [-0.15, -0.1) is 0 Å². The molecule has 1 heterocycles. The molecule has 2 N–H and O–H groups in total. The molecular weight excluding hydrogens is 251 g/mol. The molecule has 0 spiro atoms. The molecule has 1 aliphatic rings. The van der Waals surface area contributed by atoms with E-state index < -0.39 is 17.5 Å². The smallest absolute Gasteiger partial charge is 0.320 e. The van der Waals surface area contributed by atoms with Gasteiger partial charge < -0.3 is 5.32 Å². The number of imide groups is 1. The second kappa shape index (κ2) is 3.64. The fraction of sp³-hybridized carbons (Fsp3) is 0.200. The van der Waals surface area contributed by atoms with E-state index in [2.05, 4.69) is 10.6 Å². The number of hydrogen-bond donors (Lipinski definition) is 2. The number of nitrogens with one attached hydrogen (secondary N) is 2. The van der Waals surface area contributed by atoms with E-state index in [-0.39, 0.29) is 0 Å². The van der Waals surface area contributed by atoms with Crippen LogP contribution < -0.4 is 10.6 Å². The first kappa shape index (κ1) is 11.2. The summed E-state index contributed by atoms with van der Waals surface area (Å²) in [5.74, 6) is -0.429. The molecule has 1 fully saturated rings. The zero-order valence-electron chi connectivity index (χ0n) is 8.30. The Morgan fingerprint density at radius 3 is 2.44 bits per heavy atom. The van der Waals surface area contributed by atoms with E-state index >= 15 is 0 Å². The first-order valence-electron chi connectivity index (χ1n) is 4.52. The van der Waals surface area contributed by atoms with Gasteiger partial charge in [0.1, 0.15) is 5.54 Å². The van der Waals surface area contributed by atoms with Gasteiger partial charge in [-0.1, -0.05) is 29.3 Å². The van der Waals surface area contributed by atoms with Gasteiger partial charge in [-0.25, -0.2) is 4.79 Å². The fourth-order valence-electron chi connectivity index (χ4n) is 1.63. The van der Waals surface area contributed by atoms with Gasteiger partial charge in [0.25, 0.3) is 5.91 Å². The monoisotopic (exact) mass is 258 g/mol. The Bertz CT molecular complexity index is 490. The molecule has 6 heteroatoms. The van der Waals surface area contributed by atoms with Crippen LogP contribution in [-0.4, -0.2) is 11.9 Å². The Morgan fingerprint density at radius 2 is 1.94 bits per heavy atom. The molecule has 2 rings (SSSR count). The highest BCUT2D eigenvalue weighted by Gasteiger charge is 2.44. The molecule has 0 saturated carbocycles. The van der Waals surface area contributed by atoms with Crippen LogP contribution in [0.1, 0.15) is 12.5 Å². The Kier molecular flexibility index (Phi) is 2.56. The lowest BCUT2D eigenvalue weighted by molar-refractivity contribution is -0.123. The van der Waals surface area contributed by atoms with E-state index in [0.717, 1.165) is 0 Å². The molecule has 0 radical (unpaired) electrons. The highest BCUT2D eigenvalue weighted by molar-refractivity contribution is 6.35. The van der Waals surface area contributed by atoms with Crippen LogP contribution in [0.2, 0.25) is 10.0 Å². The van der Waals surface area contributed by atoms with Crippen LogP contribution in [0.5, 0.6) is 0 Å². The predicted molar refractivity (Wildman–Crippen MR) is 60.5 cm³/mol. The van der Waals surface area contributed by atoms with E-state index in [1.54, 1.807) is 19.1 Å². The van der Waals surface area contributed by atoms with Crippen LogP contribution in [0.25, 0.3) is 0 Å². The van der Waals surface area contributed by atoms with Crippen molar-refractivity contribution in [2.45, 2.75) is 12.5 Å². The summed E-state index contributed by atoms with van der Waals surface area (Å²) in [6.07, 6.45) is 0. The number of carbonyl (C=O) groups excluding carboxylic acids is 2. The van der Waals surface area contributed by atoms with Crippen molar-refractivity contribution >= 4 is 35.1 Å². The van der Waals surface area contributed by atoms with Gasteiger partial charge in [-0.05, 0) is 19.1 Å². The third-order valence-electron chi connectivity index (χ3n) is 2.51. The number of rotatable bonds is 1. The van der Waals surface area contributed by atoms with Crippen LogP contribution in [-0.2, 0) is 10.3 Å². The van der Waals surface area contributed by atoms with Crippen LogP contribution in [0.3, 0.4) is 0 Å². The average molecular weight is 259 g/mol. The Morgan fingerprint density at radius 1 is 1.25 bits per heavy atom. The fourth-order valence-corrected chi connectivity index (χ4v) is 2.23. The van der Waals surface area contributed by atoms with E-state index in [0.29, 0.717) is 15.6 Å². The van der Waals surface area contributed by atoms with Gasteiger partial charge in [-0.3, -0.25) is 10.1 Å². The predicted octanol–water partition coefficient (Wildman–Crippen LogP) is 2.05. The maximum Gasteiger partial charge on any atom is 0.322 e. The molecule has 1 aromatic carbocycles. The normalized spacial score (nSPS) is 24.2. The first-order chi connectivity index (χ1) is 7.43. The Hall–Kier alpha value is -1.26. The zero-order chi connectivity index (χ0) is 11.9. The maximum atomic E-state index is 11.7. The molecule has 0 aromatic heterocycles. The number of benzene rings is 1. The highest BCUT2D eigenvalue weighted by atomic mass is 35.5. The minimum atomic E-state index is -1.14. The summed E-state index contributed by atoms with van der Waals surface area (Å²) >= 11 is 11.8. The summed E-state index contributed by atoms with van der Waals surface area (Å²) in [6, 6.07) is 4.24. The van der Waals surface area contributed by atoms with Gasteiger partial charge >= 0.3 is 6.03 Å². The summed E-state index contributed by atoms with van der Waals surface area (Å²) in [4.78, 5) is 22.8. The minimum Gasteiger partial charge on any atom is -0.320 e. The van der Waals surface area contributed by atoms with Crippen molar-refractivity contribution in [1.29, 1.82) is 0 Å². The van der Waals surface area contributed by atoms with Crippen molar-refractivity contribution in [3.8, 4) is 0 Å². The molecule has 1 atom stereocenters. The molecule has 16 heavy (non-hydrogen) atoms. The molecule has 84 valence electrons. The number of urea groups is 1. The van der Waals surface area contributed by atoms with E-state index in [1.165, 1.54) is 6.07 Å². The summed E-state index contributed by atoms with van der Waals surface area (Å²) in [5, 5.41) is 5.51. The number of amides is 3. The second-order valence-corrected chi connectivity index (χ2v) is 4.50. The Labute approximate surface area is 102 Å². The standard InChI is InChI=1S/C10H8Cl2N2O2/c1-10(8(15)13-9(16)14-10)6-3-2-5(11)4-7(6)12/h2-4H,1H3,(H2,13,14,15,16)/t10-/m0/s1. The van der Waals surface area contributed by atoms with Crippen molar-refractivity contribution in [2.75, 3.05) is 0 Å². The van der Waals surface area contributed by atoms with Gasteiger partial charge in [0.2, 0.25) is 0 Å². The Balaban J connectivity index is 2.51. The van der Waals surface area contributed by atoms with Crippen LogP contribution in [0.15, 0.2) is 18.2 Å². The molecule has 0 bridgehead atoms. The van der Waals surface area contributed by atoms with Crippen molar-refractivity contribution in [2.24, 2.45) is 0 Å². The lowest BCUT2D eigenvalue weighted by atomic mass is 9.92. The van der Waals surface area contributed by atoms with Gasteiger partial charge in [0.05, 0.1) is 0 Å². The summed E-state index contributed by atoms with van der Waals surface area (Å²) < 4.78 is 0. The lowest BCUT2D eigenvalue weighted by Gasteiger charge is -2.22. The molecule has 4 nitrogen and oxygen atoms in total. The van der Waals surface area contributed by atoms with Gasteiger partial charge in [-0.2, -0.15) is 0 Å². The van der Waals surface area contributed by atoms with E-state index in [1.807, 2.05) is 0 Å². The van der Waals surface area contributed by atoms with Crippen LogP contribution in [0, 0.1) is 0 Å². The average Bonchev–Trinajstić information content (AvgIpc) is 2.40. The molecule has 0 aliphatic carbocycles. The number of hydrogen-bond acceptors (Lipinski definition) is 2. The van der Waals surface area contributed by atoms with Gasteiger partial charge in [0, 0.05) is 15.6 Å². The van der Waals surface area contributed by atoms with E-state index in [9.17, 15) is 9.59 Å². The third kappa shape index (κ3) is 1.64. The zero-order valence-corrected chi connectivity index (χ0v) is 9.82. The molecule has 1 aromatic rings. The summed E-state index contributed by atoms with van der Waals surface area (Å²) in [6.45, 7) is 1.59. The molecule has 3 amide bonds. The SMILES string of the molecule is C[C@@]1(c2ccc(Cl)cc2Cl)NC(=O)NC1=O. The first-order valence-corrected chi connectivity index (χ1v) is 5.28. The maximum absolute atomic E-state index is 11.7. The van der Waals surface area contributed by atoms with Crippen molar-refractivity contribution in [3.63, 3.8) is 0 Å². The summed E-state index contributed by atoms with van der Waals surface area (Å²) in [7, 11) is 0. The van der Waals surface area contributed by atoms with Gasteiger partial charge in [0.15, 0.2) is 0 Å². The highest BCUT2D eigenvalue weighted by Crippen LogP contribution is 2.32. The van der Waals surface area contributed by atoms with Crippen LogP contribution in [0.4, 0.5) is 4.79 Å². The van der Waals surface area contributed by atoms with Crippen molar-refractivity contribution in [3.05, 3.63) is 33.8 Å².